The molecule has 5 rings (SSSR count). The van der Waals surface area contributed by atoms with Gasteiger partial charge >= 0.3 is 12.1 Å². The molecule has 182 valence electrons. The van der Waals surface area contributed by atoms with Crippen molar-refractivity contribution in [3.63, 3.8) is 0 Å². The van der Waals surface area contributed by atoms with Crippen LogP contribution in [0.15, 0.2) is 28.9 Å². The lowest BCUT2D eigenvalue weighted by molar-refractivity contribution is 0.0288. The molecule has 1 aliphatic rings. The van der Waals surface area contributed by atoms with Crippen molar-refractivity contribution in [3.8, 4) is 0 Å². The zero-order chi connectivity index (χ0) is 24.9. The third-order valence-corrected chi connectivity index (χ3v) is 5.70. The second-order valence-electron chi connectivity index (χ2n) is 9.20. The predicted molar refractivity (Wildman–Crippen MR) is 128 cm³/mol. The van der Waals surface area contributed by atoms with Crippen LogP contribution in [0, 0.1) is 0 Å². The van der Waals surface area contributed by atoms with Crippen molar-refractivity contribution < 1.29 is 18.7 Å². The Balaban J connectivity index is 1.44. The smallest absolute Gasteiger partial charge is 0.410 e. The quantitative estimate of drug-likeness (QED) is 0.430. The summed E-state index contributed by atoms with van der Waals surface area (Å²) in [6, 6.07) is 4.71. The van der Waals surface area contributed by atoms with Gasteiger partial charge in [0.1, 0.15) is 23.3 Å². The lowest BCUT2D eigenvalue weighted by atomic mass is 10.2. The number of oxazole rings is 1. The lowest BCUT2D eigenvalue weighted by Crippen LogP contribution is -2.35. The van der Waals surface area contributed by atoms with Crippen molar-refractivity contribution in [1.29, 1.82) is 0 Å². The Morgan fingerprint density at radius 3 is 2.86 bits per heavy atom. The van der Waals surface area contributed by atoms with Gasteiger partial charge in [0.2, 0.25) is 0 Å². The first-order valence-electron chi connectivity index (χ1n) is 10.9. The van der Waals surface area contributed by atoms with E-state index in [1.54, 1.807) is 27.8 Å². The van der Waals surface area contributed by atoms with Crippen LogP contribution >= 0.6 is 11.6 Å². The van der Waals surface area contributed by atoms with Gasteiger partial charge in [0, 0.05) is 18.1 Å². The Kier molecular flexibility index (Phi) is 5.47. The summed E-state index contributed by atoms with van der Waals surface area (Å²) in [6.07, 6.45) is 1.51. The molecule has 0 aliphatic carbocycles. The number of benzene rings is 1. The van der Waals surface area contributed by atoms with Crippen LogP contribution in [-0.2, 0) is 4.74 Å². The molecule has 3 aromatic heterocycles. The van der Waals surface area contributed by atoms with E-state index in [2.05, 4.69) is 25.4 Å². The van der Waals surface area contributed by atoms with Crippen molar-refractivity contribution in [2.75, 3.05) is 24.1 Å². The van der Waals surface area contributed by atoms with E-state index < -0.39 is 17.6 Å². The van der Waals surface area contributed by atoms with Crippen LogP contribution in [0.4, 0.5) is 16.6 Å². The minimum Gasteiger partial charge on any atom is -0.444 e. The summed E-state index contributed by atoms with van der Waals surface area (Å²) in [5, 5.41) is 7.93. The van der Waals surface area contributed by atoms with Crippen molar-refractivity contribution in [2.45, 2.75) is 38.8 Å². The number of ether oxygens (including phenoxy) is 1. The minimum atomic E-state index is -0.601. The molecule has 0 bridgehead atoms. The molecule has 13 heteroatoms. The van der Waals surface area contributed by atoms with Crippen LogP contribution in [0.1, 0.15) is 43.7 Å². The number of carbonyl (C=O) groups excluding carboxylic acids is 2. The number of halogens is 1. The molecule has 1 saturated heterocycles. The van der Waals surface area contributed by atoms with E-state index >= 15 is 0 Å². The number of likely N-dealkylation sites (tertiary alicyclic amines) is 1. The number of rotatable bonds is 3. The van der Waals surface area contributed by atoms with E-state index in [9.17, 15) is 9.59 Å². The van der Waals surface area contributed by atoms with Gasteiger partial charge in [0.15, 0.2) is 16.9 Å². The number of nitrogen functional groups attached to an aromatic ring is 1. The fraction of sp³-hybridized carbons (Fsp3) is 0.364. The maximum atomic E-state index is 13.2. The molecule has 0 unspecified atom stereocenters. The van der Waals surface area contributed by atoms with Crippen LogP contribution < -0.4 is 11.1 Å². The summed E-state index contributed by atoms with van der Waals surface area (Å²) in [6.45, 7) is 6.28. The number of fused-ring (bicyclic) bond motifs is 2. The average Bonchev–Trinajstić information content (AvgIpc) is 3.48. The maximum absolute atomic E-state index is 13.2. The number of amides is 2. The van der Waals surface area contributed by atoms with E-state index in [4.69, 9.17) is 26.5 Å². The molecule has 35 heavy (non-hydrogen) atoms. The summed E-state index contributed by atoms with van der Waals surface area (Å²) in [5.41, 5.74) is 6.88. The summed E-state index contributed by atoms with van der Waals surface area (Å²) in [7, 11) is 0. The molecule has 1 aromatic carbocycles. The molecule has 0 saturated carbocycles. The number of carbonyl (C=O) groups is 2. The number of nitrogens with zero attached hydrogens (tertiary/aromatic N) is 6. The standard InChI is InChI=1S/C22H23ClN8O4/c1-22(2,3)35-21(33)30-7-6-12(9-30)31-18-15(17(24)25-10-26-18)16(29-31)19(32)28-20-27-13-8-11(23)4-5-14(13)34-20/h4-5,8,10,12H,6-7,9H2,1-3H3,(H2,24,25,26)(H,27,28,32)/t12-/m1/s1. The van der Waals surface area contributed by atoms with Gasteiger partial charge in [-0.3, -0.25) is 10.1 Å². The summed E-state index contributed by atoms with van der Waals surface area (Å²) < 4.78 is 12.7. The first kappa shape index (κ1) is 22.8. The average molecular weight is 499 g/mol. The Labute approximate surface area is 204 Å². The highest BCUT2D eigenvalue weighted by Crippen LogP contribution is 2.30. The monoisotopic (exact) mass is 498 g/mol. The Morgan fingerprint density at radius 2 is 2.09 bits per heavy atom. The SMILES string of the molecule is CC(C)(C)OC(=O)N1CC[C@@H](n2nc(C(=O)Nc3nc4cc(Cl)ccc4o3)c3c(N)ncnc32)C1. The van der Waals surface area contributed by atoms with Crippen LogP contribution in [0.2, 0.25) is 5.02 Å². The van der Waals surface area contributed by atoms with Gasteiger partial charge in [-0.05, 0) is 45.4 Å². The summed E-state index contributed by atoms with van der Waals surface area (Å²) in [5.74, 6) is -0.479. The molecule has 4 heterocycles. The number of nitrogens with one attached hydrogen (secondary N) is 1. The third kappa shape index (κ3) is 4.44. The van der Waals surface area contributed by atoms with E-state index in [1.807, 2.05) is 20.8 Å². The molecule has 1 atom stereocenters. The molecule has 1 fully saturated rings. The molecule has 1 aliphatic heterocycles. The topological polar surface area (TPSA) is 154 Å². The number of hydrogen-bond acceptors (Lipinski definition) is 9. The zero-order valence-corrected chi connectivity index (χ0v) is 20.0. The molecule has 2 amide bonds. The van der Waals surface area contributed by atoms with Crippen LogP contribution in [0.3, 0.4) is 0 Å². The van der Waals surface area contributed by atoms with Crippen LogP contribution in [0.5, 0.6) is 0 Å². The highest BCUT2D eigenvalue weighted by molar-refractivity contribution is 6.31. The van der Waals surface area contributed by atoms with Gasteiger partial charge in [-0.15, -0.1) is 0 Å². The molecule has 12 nitrogen and oxygen atoms in total. The summed E-state index contributed by atoms with van der Waals surface area (Å²) >= 11 is 6.00. The van der Waals surface area contributed by atoms with Crippen molar-refractivity contribution in [1.82, 2.24) is 29.6 Å². The number of hydrogen-bond donors (Lipinski definition) is 2. The van der Waals surface area contributed by atoms with Crippen molar-refractivity contribution >= 4 is 57.6 Å². The Morgan fingerprint density at radius 1 is 1.29 bits per heavy atom. The third-order valence-electron chi connectivity index (χ3n) is 5.46. The maximum Gasteiger partial charge on any atom is 0.410 e. The van der Waals surface area contributed by atoms with Crippen molar-refractivity contribution in [2.24, 2.45) is 0 Å². The van der Waals surface area contributed by atoms with Gasteiger partial charge < -0.3 is 19.8 Å². The van der Waals surface area contributed by atoms with Gasteiger partial charge in [0.05, 0.1) is 11.4 Å². The fourth-order valence-corrected chi connectivity index (χ4v) is 4.12. The first-order chi connectivity index (χ1) is 16.6. The second kappa shape index (κ2) is 8.38. The molecule has 4 aromatic rings. The molecule has 0 spiro atoms. The highest BCUT2D eigenvalue weighted by Gasteiger charge is 2.34. The van der Waals surface area contributed by atoms with Crippen LogP contribution in [0.25, 0.3) is 22.1 Å². The Hall–Kier alpha value is -3.93. The van der Waals surface area contributed by atoms with E-state index in [0.29, 0.717) is 46.7 Å². The first-order valence-corrected chi connectivity index (χ1v) is 11.3. The predicted octanol–water partition coefficient (Wildman–Crippen LogP) is 3.64. The number of aromatic nitrogens is 5. The molecule has 3 N–H and O–H groups in total. The normalized spacial score (nSPS) is 16.2. The lowest BCUT2D eigenvalue weighted by Gasteiger charge is -2.24. The van der Waals surface area contributed by atoms with Crippen molar-refractivity contribution in [3.05, 3.63) is 35.2 Å². The highest BCUT2D eigenvalue weighted by atomic mass is 35.5. The largest absolute Gasteiger partial charge is 0.444 e. The van der Waals surface area contributed by atoms with Crippen LogP contribution in [-0.4, -0.2) is 60.3 Å². The Bertz CT molecular complexity index is 1460. The second-order valence-corrected chi connectivity index (χ2v) is 9.64. The summed E-state index contributed by atoms with van der Waals surface area (Å²) in [4.78, 5) is 39.9. The zero-order valence-electron chi connectivity index (χ0n) is 19.3. The fourth-order valence-electron chi connectivity index (χ4n) is 3.95. The number of nitrogens with two attached hydrogens (primary N) is 1. The van der Waals surface area contributed by atoms with Gasteiger partial charge in [0.25, 0.3) is 5.91 Å². The molecular weight excluding hydrogens is 476 g/mol. The van der Waals surface area contributed by atoms with E-state index in [1.165, 1.54) is 6.33 Å². The number of anilines is 2. The van der Waals surface area contributed by atoms with Gasteiger partial charge in [-0.25, -0.2) is 19.4 Å². The van der Waals surface area contributed by atoms with Gasteiger partial charge in [-0.1, -0.05) is 11.6 Å². The van der Waals surface area contributed by atoms with E-state index in [-0.39, 0.29) is 23.6 Å². The van der Waals surface area contributed by atoms with Gasteiger partial charge in [-0.2, -0.15) is 10.1 Å². The molecular formula is C22H23ClN8O4. The minimum absolute atomic E-state index is 0.0117. The molecule has 0 radical (unpaired) electrons. The van der Waals surface area contributed by atoms with E-state index in [0.717, 1.165) is 0 Å².